The van der Waals surface area contributed by atoms with Crippen LogP contribution in [0.3, 0.4) is 0 Å². The van der Waals surface area contributed by atoms with Crippen LogP contribution in [0.2, 0.25) is 12.1 Å². The van der Waals surface area contributed by atoms with Gasteiger partial charge in [-0.2, -0.15) is 0 Å². The highest BCUT2D eigenvalue weighted by Crippen LogP contribution is 2.33. The largest absolute Gasteiger partial charge is 0.500 e. The van der Waals surface area contributed by atoms with Gasteiger partial charge in [-0.25, -0.2) is 0 Å². The zero-order valence-electron chi connectivity index (χ0n) is 32.9. The lowest BCUT2D eigenvalue weighted by Crippen LogP contribution is -2.43. The van der Waals surface area contributed by atoms with E-state index in [1.807, 2.05) is 12.2 Å². The number of allylic oxidation sites excluding steroid dienone is 6. The summed E-state index contributed by atoms with van der Waals surface area (Å²) in [6.07, 6.45) is 36.2. The molecule has 0 aliphatic heterocycles. The second-order valence-corrected chi connectivity index (χ2v) is 19.5. The smallest absolute Gasteiger partial charge is 0.377 e. The summed E-state index contributed by atoms with van der Waals surface area (Å²) in [4.78, 5) is 24.0. The third-order valence-corrected chi connectivity index (χ3v) is 15.3. The first kappa shape index (κ1) is 47.1. The molecule has 2 unspecified atom stereocenters. The monoisotopic (exact) mass is 752 g/mol. The van der Waals surface area contributed by atoms with Crippen molar-refractivity contribution >= 4 is 29.4 Å². The average molecular weight is 753 g/mol. The molecular formula is C39H72N2O8Si2. The van der Waals surface area contributed by atoms with Crippen LogP contribution in [0.1, 0.15) is 109 Å². The van der Waals surface area contributed by atoms with Gasteiger partial charge in [0.1, 0.15) is 0 Å². The second-order valence-electron chi connectivity index (χ2n) is 13.4. The first-order chi connectivity index (χ1) is 24.8. The third-order valence-electron chi connectivity index (χ3n) is 9.64. The number of carbonyl (C=O) groups is 2. The summed E-state index contributed by atoms with van der Waals surface area (Å²) < 4.78 is 32.4. The molecule has 12 heteroatoms. The average Bonchev–Trinajstić information content (AvgIpc) is 3.61. The van der Waals surface area contributed by atoms with Gasteiger partial charge >= 0.3 is 17.6 Å². The van der Waals surface area contributed by atoms with Gasteiger partial charge in [0.05, 0.1) is 0 Å². The van der Waals surface area contributed by atoms with E-state index >= 15 is 0 Å². The highest BCUT2D eigenvalue weighted by molar-refractivity contribution is 6.60. The zero-order valence-corrected chi connectivity index (χ0v) is 34.9. The summed E-state index contributed by atoms with van der Waals surface area (Å²) in [5.74, 6) is 1.38. The molecule has 294 valence electrons. The fourth-order valence-corrected chi connectivity index (χ4v) is 9.82. The zero-order chi connectivity index (χ0) is 37.5. The summed E-state index contributed by atoms with van der Waals surface area (Å²) in [7, 11) is 4.50. The van der Waals surface area contributed by atoms with Gasteiger partial charge in [-0.1, -0.05) is 62.1 Å². The van der Waals surface area contributed by atoms with Gasteiger partial charge in [0, 0.05) is 67.8 Å². The van der Waals surface area contributed by atoms with Crippen molar-refractivity contribution in [3.8, 4) is 0 Å². The van der Waals surface area contributed by atoms with Crippen LogP contribution in [-0.4, -0.2) is 85.2 Å². The number of rotatable bonds is 32. The van der Waals surface area contributed by atoms with E-state index in [1.165, 1.54) is 70.6 Å². The number of unbranched alkanes of at least 4 members (excludes halogenated alkanes) is 10. The molecule has 0 spiro atoms. The Labute approximate surface area is 312 Å². The van der Waals surface area contributed by atoms with Gasteiger partial charge in [0.2, 0.25) is 11.8 Å². The quantitative estimate of drug-likeness (QED) is 0.0307. The van der Waals surface area contributed by atoms with Gasteiger partial charge in [0.25, 0.3) is 0 Å². The molecule has 0 aromatic rings. The molecule has 1 aliphatic rings. The van der Waals surface area contributed by atoms with Crippen molar-refractivity contribution < 1.29 is 36.1 Å². The van der Waals surface area contributed by atoms with E-state index in [0.717, 1.165) is 50.4 Å². The molecule has 2 atom stereocenters. The topological polar surface area (TPSA) is 114 Å². The highest BCUT2D eigenvalue weighted by Gasteiger charge is 2.37. The maximum absolute atomic E-state index is 12.0. The van der Waals surface area contributed by atoms with E-state index in [-0.39, 0.29) is 11.8 Å². The molecule has 1 aliphatic carbocycles. The number of amides is 2. The molecule has 0 aromatic carbocycles. The molecule has 1 rings (SSSR count). The highest BCUT2D eigenvalue weighted by atomic mass is 28.4. The molecule has 0 radical (unpaired) electrons. The van der Waals surface area contributed by atoms with E-state index in [4.69, 9.17) is 26.6 Å². The van der Waals surface area contributed by atoms with Gasteiger partial charge < -0.3 is 37.2 Å². The Kier molecular flexibility index (Phi) is 28.2. The Morgan fingerprint density at radius 3 is 1.18 bits per heavy atom. The minimum absolute atomic E-state index is 0.0455. The van der Waals surface area contributed by atoms with Crippen LogP contribution >= 0.6 is 0 Å². The fourth-order valence-electron chi connectivity index (χ4n) is 6.38. The lowest BCUT2D eigenvalue weighted by atomic mass is 10.0. The van der Waals surface area contributed by atoms with E-state index in [9.17, 15) is 9.59 Å². The van der Waals surface area contributed by atoms with Crippen molar-refractivity contribution in [1.29, 1.82) is 0 Å². The molecule has 0 aromatic heterocycles. The molecule has 51 heavy (non-hydrogen) atoms. The summed E-state index contributed by atoms with van der Waals surface area (Å²) in [6.45, 7) is 1.16. The van der Waals surface area contributed by atoms with Crippen molar-refractivity contribution in [3.05, 3.63) is 48.6 Å². The summed E-state index contributed by atoms with van der Waals surface area (Å²) in [5.41, 5.74) is 0. The number of hydrogen-bond acceptors (Lipinski definition) is 8. The minimum Gasteiger partial charge on any atom is -0.377 e. The Balaban J connectivity index is 1.98. The van der Waals surface area contributed by atoms with Gasteiger partial charge in [0.15, 0.2) is 0 Å². The van der Waals surface area contributed by atoms with Crippen LogP contribution in [0.5, 0.6) is 0 Å². The van der Waals surface area contributed by atoms with Crippen molar-refractivity contribution in [2.24, 2.45) is 11.8 Å². The first-order valence-electron chi connectivity index (χ1n) is 19.3. The number of carbonyl (C=O) groups excluding carboxylic acids is 2. The molecule has 1 saturated carbocycles. The lowest BCUT2D eigenvalue weighted by molar-refractivity contribution is -0.117. The van der Waals surface area contributed by atoms with Crippen molar-refractivity contribution in [2.75, 3.05) is 55.7 Å². The minimum atomic E-state index is -2.56. The summed E-state index contributed by atoms with van der Waals surface area (Å²) in [5, 5.41) is 5.84. The van der Waals surface area contributed by atoms with Crippen LogP contribution in [0.4, 0.5) is 0 Å². The predicted octanol–water partition coefficient (Wildman–Crippen LogP) is 8.08. The Bertz CT molecular complexity index is 921. The van der Waals surface area contributed by atoms with Crippen molar-refractivity contribution in [2.45, 2.75) is 121 Å². The third kappa shape index (κ3) is 22.7. The molecule has 0 saturated heterocycles. The van der Waals surface area contributed by atoms with E-state index in [1.54, 1.807) is 54.8 Å². The normalized spacial score (nSPS) is 17.1. The maximum atomic E-state index is 12.0. The van der Waals surface area contributed by atoms with Crippen LogP contribution in [0.15, 0.2) is 48.6 Å². The van der Waals surface area contributed by atoms with Gasteiger partial charge in [-0.15, -0.1) is 0 Å². The molecule has 0 bridgehead atoms. The van der Waals surface area contributed by atoms with E-state index in [0.29, 0.717) is 25.2 Å². The molecule has 2 N–H and O–H groups in total. The summed E-state index contributed by atoms with van der Waals surface area (Å²) >= 11 is 0. The Morgan fingerprint density at radius 1 is 0.510 bits per heavy atom. The molecule has 0 heterocycles. The van der Waals surface area contributed by atoms with Crippen molar-refractivity contribution in [1.82, 2.24) is 10.6 Å². The molecule has 10 nitrogen and oxygen atoms in total. The maximum Gasteiger partial charge on any atom is 0.500 e. The van der Waals surface area contributed by atoms with Gasteiger partial charge in [-0.05, 0) is 107 Å². The number of hydrogen-bond donors (Lipinski definition) is 2. The van der Waals surface area contributed by atoms with Crippen LogP contribution < -0.4 is 10.6 Å². The summed E-state index contributed by atoms with van der Waals surface area (Å²) in [6, 6.07) is 1.35. The van der Waals surface area contributed by atoms with Crippen LogP contribution in [0.25, 0.3) is 0 Å². The van der Waals surface area contributed by atoms with Crippen LogP contribution in [-0.2, 0) is 36.1 Å². The first-order valence-corrected chi connectivity index (χ1v) is 23.2. The Hall–Kier alpha value is -1.91. The van der Waals surface area contributed by atoms with Crippen LogP contribution in [0, 0.1) is 11.8 Å². The van der Waals surface area contributed by atoms with Gasteiger partial charge in [-0.3, -0.25) is 9.59 Å². The van der Waals surface area contributed by atoms with E-state index in [2.05, 4.69) is 34.9 Å². The standard InChI is InChI=1S/C39H72N2O8Si2/c1-44-50(45-2,46-3)33-23-31-40-38(42)27-21-17-13-9-7-11-15-19-25-36-29-30-37(35-36)26-20-16-12-8-10-14-18-22-28-39(43)41-32-24-34-51(47-4,48-5)49-6/h19-22,25-28,36-37H,7-18,23-24,29-35H2,1-6H3,(H,40,42)(H,41,43)/b25-19+,26-20?,27-21?,28-22+. The lowest BCUT2D eigenvalue weighted by Gasteiger charge is -2.24. The predicted molar refractivity (Wildman–Crippen MR) is 211 cm³/mol. The fraction of sp³-hybridized carbons (Fsp3) is 0.744. The molecule has 1 fully saturated rings. The SMILES string of the molecule is CO[Si](CCCNC(=O)C=CCCCCCC/C=C/C1CCC(C=CCCCCCC/C=C/C(=O)NCCC[Si](OC)(OC)OC)C1)(OC)OC. The van der Waals surface area contributed by atoms with Crippen molar-refractivity contribution in [3.63, 3.8) is 0 Å². The Morgan fingerprint density at radius 2 is 0.843 bits per heavy atom. The van der Waals surface area contributed by atoms with E-state index < -0.39 is 17.6 Å². The number of nitrogens with one attached hydrogen (secondary N) is 2. The molecule has 2 amide bonds. The second kappa shape index (κ2) is 30.5. The molecular weight excluding hydrogens is 681 g/mol.